The van der Waals surface area contributed by atoms with Crippen LogP contribution in [0.5, 0.6) is 0 Å². The fourth-order valence-corrected chi connectivity index (χ4v) is 4.80. The molecule has 1 N–H and O–H groups in total. The largest absolute Gasteiger partial charge is 0.300 e. The van der Waals surface area contributed by atoms with E-state index in [9.17, 15) is 14.4 Å². The molecule has 1 aliphatic heterocycles. The zero-order chi connectivity index (χ0) is 19.1. The molecule has 3 unspecified atom stereocenters. The van der Waals surface area contributed by atoms with Crippen LogP contribution in [0.3, 0.4) is 0 Å². The van der Waals surface area contributed by atoms with Crippen LogP contribution < -0.4 is 5.32 Å². The Morgan fingerprint density at radius 3 is 2.41 bits per heavy atom. The van der Waals surface area contributed by atoms with Crippen molar-refractivity contribution >= 4 is 34.2 Å². The first kappa shape index (κ1) is 18.3. The Kier molecular flexibility index (Phi) is 4.88. The Hall–Kier alpha value is -2.02. The number of rotatable bonds is 6. The van der Waals surface area contributed by atoms with Crippen molar-refractivity contribution in [1.82, 2.24) is 9.88 Å². The molecule has 144 valence electrons. The summed E-state index contributed by atoms with van der Waals surface area (Å²) in [4.78, 5) is 44.6. The number of nitrogens with zero attached hydrogens (tertiary/aromatic N) is 2. The van der Waals surface area contributed by atoms with E-state index in [-0.39, 0.29) is 35.5 Å². The highest BCUT2D eigenvalue weighted by Crippen LogP contribution is 2.41. The summed E-state index contributed by atoms with van der Waals surface area (Å²) in [5, 5.41) is 5.39. The van der Waals surface area contributed by atoms with E-state index < -0.39 is 6.04 Å². The van der Waals surface area contributed by atoms with Crippen LogP contribution >= 0.6 is 11.3 Å². The van der Waals surface area contributed by atoms with Crippen LogP contribution in [0.1, 0.15) is 57.6 Å². The molecule has 3 aliphatic rings. The molecule has 2 heterocycles. The maximum Gasteiger partial charge on any atom is 0.249 e. The lowest BCUT2D eigenvalue weighted by Crippen LogP contribution is -2.48. The summed E-state index contributed by atoms with van der Waals surface area (Å²) in [6.07, 6.45) is 7.85. The predicted molar refractivity (Wildman–Crippen MR) is 103 cm³/mol. The van der Waals surface area contributed by atoms with E-state index in [1.165, 1.54) is 16.2 Å². The van der Waals surface area contributed by atoms with Gasteiger partial charge in [0.2, 0.25) is 17.7 Å². The minimum absolute atomic E-state index is 0.181. The molecule has 2 fully saturated rings. The lowest BCUT2D eigenvalue weighted by molar-refractivity contribution is -0.147. The van der Waals surface area contributed by atoms with Gasteiger partial charge in [0, 0.05) is 11.3 Å². The number of anilines is 1. The normalized spacial score (nSPS) is 25.8. The van der Waals surface area contributed by atoms with Gasteiger partial charge in [-0.1, -0.05) is 26.0 Å². The molecule has 1 saturated heterocycles. The van der Waals surface area contributed by atoms with Crippen molar-refractivity contribution in [2.24, 2.45) is 17.8 Å². The van der Waals surface area contributed by atoms with Gasteiger partial charge in [0.25, 0.3) is 0 Å². The third-order valence-electron chi connectivity index (χ3n) is 5.60. The van der Waals surface area contributed by atoms with Crippen molar-refractivity contribution in [2.75, 3.05) is 5.32 Å². The molecule has 27 heavy (non-hydrogen) atoms. The molecule has 0 aromatic carbocycles. The Morgan fingerprint density at radius 1 is 1.22 bits per heavy atom. The number of hydrogen-bond acceptors (Lipinski definition) is 5. The lowest BCUT2D eigenvalue weighted by atomic mass is 9.85. The van der Waals surface area contributed by atoms with Gasteiger partial charge in [0.05, 0.1) is 17.5 Å². The number of carbonyl (C=O) groups excluding carboxylic acids is 3. The first-order valence-corrected chi connectivity index (χ1v) is 10.6. The van der Waals surface area contributed by atoms with E-state index in [2.05, 4.69) is 10.3 Å². The molecule has 1 saturated carbocycles. The van der Waals surface area contributed by atoms with Gasteiger partial charge >= 0.3 is 0 Å². The summed E-state index contributed by atoms with van der Waals surface area (Å²) in [5.74, 6) is -0.636. The van der Waals surface area contributed by atoms with Gasteiger partial charge in [-0.15, -0.1) is 11.3 Å². The summed E-state index contributed by atoms with van der Waals surface area (Å²) >= 11 is 1.41. The molecule has 0 bridgehead atoms. The monoisotopic (exact) mass is 387 g/mol. The summed E-state index contributed by atoms with van der Waals surface area (Å²) in [6.45, 7) is 3.99. The van der Waals surface area contributed by atoms with Crippen LogP contribution in [0, 0.1) is 17.8 Å². The Balaban J connectivity index is 1.53. The van der Waals surface area contributed by atoms with Crippen molar-refractivity contribution in [3.05, 3.63) is 23.2 Å². The summed E-state index contributed by atoms with van der Waals surface area (Å²) < 4.78 is 0. The maximum atomic E-state index is 13.0. The number of nitrogens with one attached hydrogen (secondary N) is 1. The lowest BCUT2D eigenvalue weighted by Gasteiger charge is -2.27. The third kappa shape index (κ3) is 3.57. The van der Waals surface area contributed by atoms with Gasteiger partial charge in [-0.3, -0.25) is 19.3 Å². The Labute approximate surface area is 163 Å². The second-order valence-corrected chi connectivity index (χ2v) is 9.05. The van der Waals surface area contributed by atoms with E-state index >= 15 is 0 Å². The Bertz CT molecular complexity index is 770. The topological polar surface area (TPSA) is 79.4 Å². The molecule has 3 amide bonds. The number of carbonyl (C=O) groups is 3. The average Bonchev–Trinajstić information content (AvgIpc) is 3.34. The van der Waals surface area contributed by atoms with Gasteiger partial charge in [-0.2, -0.15) is 0 Å². The summed E-state index contributed by atoms with van der Waals surface area (Å²) in [5.41, 5.74) is 1.03. The molecule has 4 rings (SSSR count). The van der Waals surface area contributed by atoms with E-state index in [4.69, 9.17) is 0 Å². The van der Waals surface area contributed by atoms with Crippen molar-refractivity contribution in [2.45, 2.75) is 57.9 Å². The van der Waals surface area contributed by atoms with Crippen LogP contribution in [-0.4, -0.2) is 33.6 Å². The van der Waals surface area contributed by atoms with Crippen LogP contribution in [0.15, 0.2) is 17.5 Å². The molecule has 3 atom stereocenters. The number of fused-ring (bicyclic) bond motifs is 1. The first-order chi connectivity index (χ1) is 13.0. The Morgan fingerprint density at radius 2 is 1.85 bits per heavy atom. The SMILES string of the molecule is CC(C)CC(C(=O)Nc1nc(C2CC2)cs1)N1C(=O)C2CC=CCC2C1=O. The third-order valence-corrected chi connectivity index (χ3v) is 6.37. The van der Waals surface area contributed by atoms with Crippen LogP contribution in [0.25, 0.3) is 0 Å². The molecule has 2 aliphatic carbocycles. The minimum atomic E-state index is -0.774. The molecule has 0 radical (unpaired) electrons. The number of thiazole rings is 1. The van der Waals surface area contributed by atoms with Crippen LogP contribution in [0.4, 0.5) is 5.13 Å². The highest BCUT2D eigenvalue weighted by molar-refractivity contribution is 7.14. The quantitative estimate of drug-likeness (QED) is 0.600. The van der Waals surface area contributed by atoms with Crippen molar-refractivity contribution in [3.63, 3.8) is 0 Å². The van der Waals surface area contributed by atoms with E-state index in [0.717, 1.165) is 18.5 Å². The zero-order valence-electron chi connectivity index (χ0n) is 15.7. The van der Waals surface area contributed by atoms with Crippen molar-refractivity contribution < 1.29 is 14.4 Å². The van der Waals surface area contributed by atoms with Crippen LogP contribution in [0.2, 0.25) is 0 Å². The maximum absolute atomic E-state index is 13.0. The number of amides is 3. The molecule has 0 spiro atoms. The fraction of sp³-hybridized carbons (Fsp3) is 0.600. The summed E-state index contributed by atoms with van der Waals surface area (Å²) in [6, 6.07) is -0.774. The fourth-order valence-electron chi connectivity index (χ4n) is 4.01. The molecule has 1 aromatic rings. The standard InChI is InChI=1S/C20H25N3O3S/c1-11(2)9-16(17(24)22-20-21-15(10-27-20)12-7-8-12)23-18(25)13-5-3-4-6-14(13)19(23)26/h3-4,10-14,16H,5-9H2,1-2H3,(H,21,22,24). The second-order valence-electron chi connectivity index (χ2n) is 8.19. The van der Waals surface area contributed by atoms with Gasteiger partial charge in [-0.05, 0) is 38.0 Å². The van der Waals surface area contributed by atoms with Gasteiger partial charge in [-0.25, -0.2) is 4.98 Å². The predicted octanol–water partition coefficient (Wildman–Crippen LogP) is 3.32. The number of hydrogen-bond donors (Lipinski definition) is 1. The molecule has 6 nitrogen and oxygen atoms in total. The summed E-state index contributed by atoms with van der Waals surface area (Å²) in [7, 11) is 0. The van der Waals surface area contributed by atoms with Gasteiger partial charge in [0.15, 0.2) is 5.13 Å². The number of likely N-dealkylation sites (tertiary alicyclic amines) is 1. The van der Waals surface area contributed by atoms with Crippen LogP contribution in [-0.2, 0) is 14.4 Å². The number of aromatic nitrogens is 1. The van der Waals surface area contributed by atoms with Gasteiger partial charge in [0.1, 0.15) is 6.04 Å². The first-order valence-electron chi connectivity index (χ1n) is 9.74. The zero-order valence-corrected chi connectivity index (χ0v) is 16.5. The van der Waals surface area contributed by atoms with E-state index in [1.54, 1.807) is 0 Å². The van der Waals surface area contributed by atoms with Crippen molar-refractivity contribution in [3.8, 4) is 0 Å². The average molecular weight is 388 g/mol. The smallest absolute Gasteiger partial charge is 0.249 e. The van der Waals surface area contributed by atoms with E-state index in [0.29, 0.717) is 30.3 Å². The second kappa shape index (κ2) is 7.19. The number of imide groups is 1. The molecule has 7 heteroatoms. The highest BCUT2D eigenvalue weighted by Gasteiger charge is 2.51. The van der Waals surface area contributed by atoms with Gasteiger partial charge < -0.3 is 5.32 Å². The molecular formula is C20H25N3O3S. The number of allylic oxidation sites excluding steroid dienone is 2. The molecule has 1 aromatic heterocycles. The molecular weight excluding hydrogens is 362 g/mol. The van der Waals surface area contributed by atoms with Crippen molar-refractivity contribution in [1.29, 1.82) is 0 Å². The minimum Gasteiger partial charge on any atom is -0.300 e. The highest BCUT2D eigenvalue weighted by atomic mass is 32.1. The van der Waals surface area contributed by atoms with E-state index in [1.807, 2.05) is 31.4 Å².